The second-order valence-corrected chi connectivity index (χ2v) is 5.93. The fraction of sp³-hybridized carbons (Fsp3) is 0.111. The lowest BCUT2D eigenvalue weighted by Crippen LogP contribution is -2.13. The molecule has 0 aliphatic heterocycles. The molecule has 0 aliphatic carbocycles. The van der Waals surface area contributed by atoms with Gasteiger partial charge in [0, 0.05) is 0 Å². The van der Waals surface area contributed by atoms with Crippen LogP contribution in [0.2, 0.25) is 0 Å². The topological polar surface area (TPSA) is 26.0 Å². The van der Waals surface area contributed by atoms with Crippen molar-refractivity contribution in [3.63, 3.8) is 0 Å². The van der Waals surface area contributed by atoms with Crippen molar-refractivity contribution in [2.24, 2.45) is 5.73 Å². The summed E-state index contributed by atoms with van der Waals surface area (Å²) in [6.45, 7) is 2.08. The van der Waals surface area contributed by atoms with Gasteiger partial charge in [0.1, 0.15) is 5.82 Å². The van der Waals surface area contributed by atoms with Gasteiger partial charge >= 0.3 is 0 Å². The molecule has 0 radical (unpaired) electrons. The maximum atomic E-state index is 13.7. The van der Waals surface area contributed by atoms with Crippen LogP contribution in [0.5, 0.6) is 0 Å². The summed E-state index contributed by atoms with van der Waals surface area (Å²) in [4.78, 5) is 0. The highest BCUT2D eigenvalue weighted by molar-refractivity contribution is 9.10. The molecule has 0 spiro atoms. The van der Waals surface area contributed by atoms with E-state index in [4.69, 9.17) is 5.73 Å². The van der Waals surface area contributed by atoms with Gasteiger partial charge in [0.25, 0.3) is 0 Å². The van der Waals surface area contributed by atoms with Crippen LogP contribution >= 0.6 is 15.9 Å². The zero-order chi connectivity index (χ0) is 15.0. The number of benzene rings is 3. The van der Waals surface area contributed by atoms with Gasteiger partial charge in [0.05, 0.1) is 10.5 Å². The van der Waals surface area contributed by atoms with E-state index in [9.17, 15) is 4.39 Å². The van der Waals surface area contributed by atoms with Crippen molar-refractivity contribution in [2.45, 2.75) is 13.0 Å². The van der Waals surface area contributed by atoms with Crippen molar-refractivity contribution in [3.8, 4) is 0 Å². The molecule has 0 amide bonds. The third kappa shape index (κ3) is 2.47. The van der Waals surface area contributed by atoms with Crippen molar-refractivity contribution < 1.29 is 4.39 Å². The first-order valence-electron chi connectivity index (χ1n) is 6.77. The maximum Gasteiger partial charge on any atom is 0.137 e. The average Bonchev–Trinajstić information content (AvgIpc) is 2.50. The number of hydrogen-bond acceptors (Lipinski definition) is 1. The highest BCUT2D eigenvalue weighted by Crippen LogP contribution is 2.33. The first kappa shape index (κ1) is 14.2. The van der Waals surface area contributed by atoms with Gasteiger partial charge in [-0.05, 0) is 56.4 Å². The van der Waals surface area contributed by atoms with Crippen LogP contribution in [-0.4, -0.2) is 0 Å². The summed E-state index contributed by atoms with van der Waals surface area (Å²) in [5.74, 6) is -0.292. The summed E-state index contributed by atoms with van der Waals surface area (Å²) in [6, 6.07) is 16.8. The molecule has 2 N–H and O–H groups in total. The molecule has 0 heterocycles. The fourth-order valence-electron chi connectivity index (χ4n) is 2.67. The van der Waals surface area contributed by atoms with E-state index >= 15 is 0 Å². The highest BCUT2D eigenvalue weighted by Gasteiger charge is 2.17. The Bertz CT molecular complexity index is 813. The third-order valence-corrected chi connectivity index (χ3v) is 4.66. The van der Waals surface area contributed by atoms with E-state index in [1.165, 1.54) is 17.0 Å². The van der Waals surface area contributed by atoms with Crippen LogP contribution in [0, 0.1) is 12.7 Å². The lowest BCUT2D eigenvalue weighted by atomic mass is 9.92. The lowest BCUT2D eigenvalue weighted by Gasteiger charge is -2.18. The summed E-state index contributed by atoms with van der Waals surface area (Å²) >= 11 is 3.30. The quantitative estimate of drug-likeness (QED) is 0.688. The molecule has 1 atom stereocenters. The molecule has 3 heteroatoms. The van der Waals surface area contributed by atoms with Crippen LogP contribution < -0.4 is 5.73 Å². The molecule has 0 saturated heterocycles. The van der Waals surface area contributed by atoms with E-state index in [0.717, 1.165) is 16.5 Å². The van der Waals surface area contributed by atoms with Crippen molar-refractivity contribution in [1.29, 1.82) is 0 Å². The molecule has 0 saturated carbocycles. The Morgan fingerprint density at radius 3 is 2.38 bits per heavy atom. The highest BCUT2D eigenvalue weighted by atomic mass is 79.9. The molecule has 21 heavy (non-hydrogen) atoms. The fourth-order valence-corrected chi connectivity index (χ4v) is 3.18. The van der Waals surface area contributed by atoms with Crippen LogP contribution in [0.1, 0.15) is 22.7 Å². The predicted octanol–water partition coefficient (Wildman–Crippen LogP) is 5.10. The predicted molar refractivity (Wildman–Crippen MR) is 88.8 cm³/mol. The van der Waals surface area contributed by atoms with Gasteiger partial charge in [0.15, 0.2) is 0 Å². The van der Waals surface area contributed by atoms with Gasteiger partial charge < -0.3 is 5.73 Å². The SMILES string of the molecule is Cc1ccc(C(N)c2cccc(F)c2Br)c2ccccc12. The van der Waals surface area contributed by atoms with E-state index in [1.807, 2.05) is 24.3 Å². The molecule has 3 aromatic rings. The first-order chi connectivity index (χ1) is 10.1. The molecule has 1 unspecified atom stereocenters. The van der Waals surface area contributed by atoms with Gasteiger partial charge in [-0.2, -0.15) is 0 Å². The number of fused-ring (bicyclic) bond motifs is 1. The van der Waals surface area contributed by atoms with Gasteiger partial charge in [-0.3, -0.25) is 0 Å². The number of nitrogens with two attached hydrogens (primary N) is 1. The van der Waals surface area contributed by atoms with E-state index < -0.39 is 0 Å². The monoisotopic (exact) mass is 343 g/mol. The molecule has 3 rings (SSSR count). The Balaban J connectivity index is 2.21. The summed E-state index contributed by atoms with van der Waals surface area (Å²) in [7, 11) is 0. The van der Waals surface area contributed by atoms with Crippen LogP contribution in [0.3, 0.4) is 0 Å². The summed E-state index contributed by atoms with van der Waals surface area (Å²) in [6.07, 6.45) is 0. The number of hydrogen-bond donors (Lipinski definition) is 1. The average molecular weight is 344 g/mol. The van der Waals surface area contributed by atoms with Gasteiger partial charge in [-0.25, -0.2) is 4.39 Å². The smallest absolute Gasteiger partial charge is 0.137 e. The molecule has 0 fully saturated rings. The van der Waals surface area contributed by atoms with E-state index in [-0.39, 0.29) is 11.9 Å². The zero-order valence-electron chi connectivity index (χ0n) is 11.6. The van der Waals surface area contributed by atoms with E-state index in [1.54, 1.807) is 6.07 Å². The minimum atomic E-state index is -0.374. The number of aryl methyl sites for hydroxylation is 1. The van der Waals surface area contributed by atoms with Crippen LogP contribution in [-0.2, 0) is 0 Å². The molecule has 1 nitrogen and oxygen atoms in total. The second kappa shape index (κ2) is 5.58. The molecule has 0 aromatic heterocycles. The minimum absolute atomic E-state index is 0.292. The zero-order valence-corrected chi connectivity index (χ0v) is 13.2. The summed E-state index contributed by atoms with van der Waals surface area (Å²) < 4.78 is 14.2. The first-order valence-corrected chi connectivity index (χ1v) is 7.56. The van der Waals surface area contributed by atoms with Crippen molar-refractivity contribution in [2.75, 3.05) is 0 Å². The third-order valence-electron chi connectivity index (χ3n) is 3.83. The van der Waals surface area contributed by atoms with Gasteiger partial charge in [0.2, 0.25) is 0 Å². The number of halogens is 2. The second-order valence-electron chi connectivity index (χ2n) is 5.14. The Hall–Kier alpha value is -1.71. The molecular weight excluding hydrogens is 329 g/mol. The molecule has 0 bridgehead atoms. The minimum Gasteiger partial charge on any atom is -0.320 e. The molecule has 3 aromatic carbocycles. The number of rotatable bonds is 2. The van der Waals surface area contributed by atoms with Gasteiger partial charge in [-0.15, -0.1) is 0 Å². The van der Waals surface area contributed by atoms with Crippen molar-refractivity contribution >= 4 is 26.7 Å². The standard InChI is InChI=1S/C18H15BrFN/c1-11-9-10-14(13-6-3-2-5-12(11)13)18(21)15-7-4-8-16(20)17(15)19/h2-10,18H,21H2,1H3. The Kier molecular flexibility index (Phi) is 3.79. The van der Waals surface area contributed by atoms with Crippen molar-refractivity contribution in [3.05, 3.63) is 81.6 Å². The summed E-state index contributed by atoms with van der Waals surface area (Å²) in [5.41, 5.74) is 9.37. The largest absolute Gasteiger partial charge is 0.320 e. The van der Waals surface area contributed by atoms with E-state index in [2.05, 4.69) is 41.1 Å². The molecule has 0 aliphatic rings. The summed E-state index contributed by atoms with van der Waals surface area (Å²) in [5, 5.41) is 2.29. The Morgan fingerprint density at radius 1 is 0.905 bits per heavy atom. The van der Waals surface area contributed by atoms with Crippen molar-refractivity contribution in [1.82, 2.24) is 0 Å². The van der Waals surface area contributed by atoms with Crippen LogP contribution in [0.25, 0.3) is 10.8 Å². The Labute approximate surface area is 131 Å². The van der Waals surface area contributed by atoms with Crippen LogP contribution in [0.4, 0.5) is 4.39 Å². The molecule has 106 valence electrons. The van der Waals surface area contributed by atoms with Gasteiger partial charge in [-0.1, -0.05) is 48.5 Å². The maximum absolute atomic E-state index is 13.7. The lowest BCUT2D eigenvalue weighted by molar-refractivity contribution is 0.616. The van der Waals surface area contributed by atoms with E-state index in [0.29, 0.717) is 4.47 Å². The van der Waals surface area contributed by atoms with Crippen LogP contribution in [0.15, 0.2) is 59.1 Å². The Morgan fingerprint density at radius 2 is 1.62 bits per heavy atom. The molecular formula is C18H15BrFN. The normalized spacial score (nSPS) is 12.6.